The van der Waals surface area contributed by atoms with Crippen molar-refractivity contribution in [3.05, 3.63) is 59.4 Å². The number of nitrogens with one attached hydrogen (secondary N) is 1. The fourth-order valence-corrected chi connectivity index (χ4v) is 2.60. The van der Waals surface area contributed by atoms with Gasteiger partial charge in [0.1, 0.15) is 5.56 Å². The quantitative estimate of drug-likeness (QED) is 0.693. The predicted octanol–water partition coefficient (Wildman–Crippen LogP) is 4.56. The first-order chi connectivity index (χ1) is 12.1. The first-order valence-electron chi connectivity index (χ1n) is 8.35. The van der Waals surface area contributed by atoms with Gasteiger partial charge in [-0.3, -0.25) is 0 Å². The average molecular weight is 335 g/mol. The maximum atomic E-state index is 12.5. The van der Waals surface area contributed by atoms with Crippen LogP contribution >= 0.6 is 0 Å². The second-order valence-electron chi connectivity index (χ2n) is 6.00. The van der Waals surface area contributed by atoms with E-state index >= 15 is 0 Å². The molecule has 0 spiro atoms. The molecule has 128 valence electrons. The van der Waals surface area contributed by atoms with Crippen molar-refractivity contribution in [2.24, 2.45) is 0 Å². The Kier molecular flexibility index (Phi) is 4.93. The lowest BCUT2D eigenvalue weighted by Gasteiger charge is -2.14. The third-order valence-corrected chi connectivity index (χ3v) is 3.81. The summed E-state index contributed by atoms with van der Waals surface area (Å²) < 4.78 is 5.31. The molecule has 0 aliphatic rings. The minimum Gasteiger partial charge on any atom is -0.462 e. The number of fused-ring (bicyclic) bond motifs is 1. The highest BCUT2D eigenvalue weighted by atomic mass is 16.5. The summed E-state index contributed by atoms with van der Waals surface area (Å²) in [5, 5.41) is 4.14. The first kappa shape index (κ1) is 16.9. The lowest BCUT2D eigenvalue weighted by atomic mass is 10.1. The molecule has 0 radical (unpaired) electrons. The number of carbonyl (C=O) groups is 1. The summed E-state index contributed by atoms with van der Waals surface area (Å²) in [5.41, 5.74) is 4.59. The molecule has 1 aromatic carbocycles. The third kappa shape index (κ3) is 3.76. The highest BCUT2D eigenvalue weighted by molar-refractivity contribution is 6.05. The van der Waals surface area contributed by atoms with E-state index in [4.69, 9.17) is 4.74 Å². The van der Waals surface area contributed by atoms with Gasteiger partial charge in [-0.1, -0.05) is 19.1 Å². The second-order valence-corrected chi connectivity index (χ2v) is 6.00. The molecule has 0 atom stereocenters. The zero-order valence-electron chi connectivity index (χ0n) is 14.7. The number of ether oxygens (including phenoxy) is 1. The molecule has 0 fully saturated rings. The number of esters is 1. The molecule has 0 aliphatic carbocycles. The van der Waals surface area contributed by atoms with Crippen LogP contribution in [0.5, 0.6) is 0 Å². The number of rotatable bonds is 5. The molecule has 3 aromatic rings. The highest BCUT2D eigenvalue weighted by Crippen LogP contribution is 2.29. The number of nitrogens with zero attached hydrogens (tertiary/aromatic N) is 2. The predicted molar refractivity (Wildman–Crippen MR) is 99.3 cm³/mol. The number of anilines is 2. The van der Waals surface area contributed by atoms with Crippen molar-refractivity contribution in [2.75, 3.05) is 11.9 Å². The molecule has 0 amide bonds. The summed E-state index contributed by atoms with van der Waals surface area (Å²) in [6.07, 6.45) is 2.30. The van der Waals surface area contributed by atoms with Crippen molar-refractivity contribution >= 4 is 28.4 Å². The minimum atomic E-state index is -0.382. The summed E-state index contributed by atoms with van der Waals surface area (Å²) in [4.78, 5) is 21.3. The van der Waals surface area contributed by atoms with Gasteiger partial charge in [0.25, 0.3) is 0 Å². The molecule has 3 rings (SSSR count). The Balaban J connectivity index is 2.11. The van der Waals surface area contributed by atoms with Crippen LogP contribution in [-0.4, -0.2) is 22.5 Å². The van der Waals surface area contributed by atoms with Crippen molar-refractivity contribution in [2.45, 2.75) is 27.2 Å². The fraction of sp³-hybridized carbons (Fsp3) is 0.250. The Bertz CT molecular complexity index is 922. The van der Waals surface area contributed by atoms with Gasteiger partial charge >= 0.3 is 5.97 Å². The highest BCUT2D eigenvalue weighted by Gasteiger charge is 2.17. The molecule has 5 nitrogen and oxygen atoms in total. The topological polar surface area (TPSA) is 64.1 Å². The van der Waals surface area contributed by atoms with Crippen molar-refractivity contribution in [3.8, 4) is 0 Å². The smallest absolute Gasteiger partial charge is 0.341 e. The Hall–Kier alpha value is -2.95. The Morgan fingerprint density at radius 3 is 2.80 bits per heavy atom. The number of pyridine rings is 2. The van der Waals surface area contributed by atoms with Gasteiger partial charge in [0.2, 0.25) is 0 Å². The first-order valence-corrected chi connectivity index (χ1v) is 8.35. The molecule has 0 aliphatic heterocycles. The normalized spacial score (nSPS) is 10.7. The van der Waals surface area contributed by atoms with Crippen molar-refractivity contribution in [1.82, 2.24) is 9.97 Å². The number of benzene rings is 1. The molecule has 0 saturated carbocycles. The van der Waals surface area contributed by atoms with E-state index in [-0.39, 0.29) is 5.97 Å². The van der Waals surface area contributed by atoms with Gasteiger partial charge in [0.15, 0.2) is 5.65 Å². The molecular weight excluding hydrogens is 314 g/mol. The van der Waals surface area contributed by atoms with Gasteiger partial charge in [0.05, 0.1) is 12.3 Å². The van der Waals surface area contributed by atoms with E-state index < -0.39 is 0 Å². The second kappa shape index (κ2) is 7.30. The van der Waals surface area contributed by atoms with Crippen molar-refractivity contribution < 1.29 is 9.53 Å². The SMILES string of the molecule is CCCOC(=O)c1cnc2nc(C)ccc2c1Nc1cccc(C)c1. The van der Waals surface area contributed by atoms with Gasteiger partial charge in [-0.2, -0.15) is 0 Å². The largest absolute Gasteiger partial charge is 0.462 e. The standard InChI is InChI=1S/C20H21N3O2/c1-4-10-25-20(24)17-12-21-19-16(9-8-14(3)22-19)18(17)23-15-7-5-6-13(2)11-15/h5-9,11-12H,4,10H2,1-3H3,(H,21,22,23). The van der Waals surface area contributed by atoms with Crippen LogP contribution in [0.1, 0.15) is 35.0 Å². The van der Waals surface area contributed by atoms with Gasteiger partial charge < -0.3 is 10.1 Å². The van der Waals surface area contributed by atoms with E-state index in [1.165, 1.54) is 6.20 Å². The Morgan fingerprint density at radius 1 is 1.20 bits per heavy atom. The molecule has 2 aromatic heterocycles. The monoisotopic (exact) mass is 335 g/mol. The number of aryl methyl sites for hydroxylation is 2. The van der Waals surface area contributed by atoms with Crippen LogP contribution in [0, 0.1) is 13.8 Å². The van der Waals surface area contributed by atoms with Gasteiger partial charge in [-0.15, -0.1) is 0 Å². The maximum Gasteiger partial charge on any atom is 0.341 e. The van der Waals surface area contributed by atoms with E-state index in [0.29, 0.717) is 23.5 Å². The zero-order valence-corrected chi connectivity index (χ0v) is 14.7. The van der Waals surface area contributed by atoms with Gasteiger partial charge in [-0.05, 0) is 50.1 Å². The van der Waals surface area contributed by atoms with Crippen LogP contribution in [0.4, 0.5) is 11.4 Å². The number of carbonyl (C=O) groups excluding carboxylic acids is 1. The Morgan fingerprint density at radius 2 is 2.04 bits per heavy atom. The van der Waals surface area contributed by atoms with Crippen LogP contribution in [0.2, 0.25) is 0 Å². The summed E-state index contributed by atoms with van der Waals surface area (Å²) in [7, 11) is 0. The molecule has 25 heavy (non-hydrogen) atoms. The van der Waals surface area contributed by atoms with E-state index in [9.17, 15) is 4.79 Å². The molecule has 1 N–H and O–H groups in total. The number of aromatic nitrogens is 2. The molecule has 5 heteroatoms. The summed E-state index contributed by atoms with van der Waals surface area (Å²) in [5.74, 6) is -0.382. The summed E-state index contributed by atoms with van der Waals surface area (Å²) in [6.45, 7) is 6.28. The third-order valence-electron chi connectivity index (χ3n) is 3.81. The lowest BCUT2D eigenvalue weighted by Crippen LogP contribution is -2.10. The van der Waals surface area contributed by atoms with E-state index in [0.717, 1.165) is 28.8 Å². The lowest BCUT2D eigenvalue weighted by molar-refractivity contribution is 0.0506. The summed E-state index contributed by atoms with van der Waals surface area (Å²) >= 11 is 0. The van der Waals surface area contributed by atoms with Gasteiger partial charge in [0, 0.05) is 23.0 Å². The fourth-order valence-electron chi connectivity index (χ4n) is 2.60. The molecule has 0 unspecified atom stereocenters. The van der Waals surface area contributed by atoms with Crippen LogP contribution in [0.15, 0.2) is 42.6 Å². The van der Waals surface area contributed by atoms with Crippen molar-refractivity contribution in [3.63, 3.8) is 0 Å². The Labute approximate surface area is 147 Å². The van der Waals surface area contributed by atoms with E-state index in [1.54, 1.807) is 0 Å². The van der Waals surface area contributed by atoms with E-state index in [2.05, 4.69) is 15.3 Å². The molecular formula is C20H21N3O2. The van der Waals surface area contributed by atoms with Crippen LogP contribution in [0.25, 0.3) is 11.0 Å². The zero-order chi connectivity index (χ0) is 17.8. The minimum absolute atomic E-state index is 0.382. The van der Waals surface area contributed by atoms with Crippen LogP contribution in [0.3, 0.4) is 0 Å². The molecule has 0 saturated heterocycles. The summed E-state index contributed by atoms with van der Waals surface area (Å²) in [6, 6.07) is 11.8. The molecule has 0 bridgehead atoms. The van der Waals surface area contributed by atoms with Crippen LogP contribution < -0.4 is 5.32 Å². The maximum absolute atomic E-state index is 12.5. The number of hydrogen-bond acceptors (Lipinski definition) is 5. The van der Waals surface area contributed by atoms with Gasteiger partial charge in [-0.25, -0.2) is 14.8 Å². The van der Waals surface area contributed by atoms with E-state index in [1.807, 2.05) is 57.2 Å². The number of hydrogen-bond donors (Lipinski definition) is 1. The van der Waals surface area contributed by atoms with Crippen molar-refractivity contribution in [1.29, 1.82) is 0 Å². The van der Waals surface area contributed by atoms with Crippen LogP contribution in [-0.2, 0) is 4.74 Å². The molecule has 2 heterocycles. The average Bonchev–Trinajstić information content (AvgIpc) is 2.59.